The summed E-state index contributed by atoms with van der Waals surface area (Å²) in [5.41, 5.74) is 3.13. The third kappa shape index (κ3) is 4.52. The molecule has 2 bridgehead atoms. The van der Waals surface area contributed by atoms with E-state index in [0.717, 1.165) is 67.8 Å². The van der Waals surface area contributed by atoms with Gasteiger partial charge in [0.05, 0.1) is 12.6 Å². The topological polar surface area (TPSA) is 50.8 Å². The molecular formula is C28H35FN2O3. The quantitative estimate of drug-likeness (QED) is 0.612. The van der Waals surface area contributed by atoms with Crippen LogP contribution in [0.5, 0.6) is 5.75 Å². The van der Waals surface area contributed by atoms with Gasteiger partial charge < -0.3 is 14.8 Å². The first kappa shape index (κ1) is 23.2. The maximum atomic E-state index is 15.4. The van der Waals surface area contributed by atoms with Crippen LogP contribution in [0.2, 0.25) is 0 Å². The number of hydrogen-bond acceptors (Lipinski definition) is 4. The number of ether oxygens (including phenoxy) is 2. The van der Waals surface area contributed by atoms with Crippen molar-refractivity contribution in [1.82, 2.24) is 10.2 Å². The highest BCUT2D eigenvalue weighted by molar-refractivity contribution is 5.70. The largest absolute Gasteiger partial charge is 0.494 e. The second-order valence-electron chi connectivity index (χ2n) is 10.6. The zero-order valence-electron chi connectivity index (χ0n) is 20.4. The van der Waals surface area contributed by atoms with Gasteiger partial charge in [-0.2, -0.15) is 0 Å². The summed E-state index contributed by atoms with van der Waals surface area (Å²) in [6.07, 6.45) is 3.50. The van der Waals surface area contributed by atoms with E-state index < -0.39 is 0 Å². The summed E-state index contributed by atoms with van der Waals surface area (Å²) in [6, 6.07) is 10.8. The Bertz CT molecular complexity index is 1040. The van der Waals surface area contributed by atoms with Gasteiger partial charge in [0.2, 0.25) is 0 Å². The number of nitrogens with zero attached hydrogens (tertiary/aromatic N) is 1. The molecule has 0 unspecified atom stereocenters. The van der Waals surface area contributed by atoms with Gasteiger partial charge in [-0.05, 0) is 98.0 Å². The fourth-order valence-corrected chi connectivity index (χ4v) is 5.87. The van der Waals surface area contributed by atoms with E-state index in [0.29, 0.717) is 18.1 Å². The van der Waals surface area contributed by atoms with Crippen LogP contribution < -0.4 is 10.1 Å². The average Bonchev–Trinajstić information content (AvgIpc) is 2.82. The number of alkyl carbamates (subject to hydrolysis) is 1. The molecule has 1 aliphatic carbocycles. The van der Waals surface area contributed by atoms with Crippen molar-refractivity contribution in [2.24, 2.45) is 11.3 Å². The standard InChI is InChI=1S/C28H35FN2O3/c1-4-33-21-7-5-18(6-8-21)22-15-20-9-12-28(2,3)26(23(20)16-24(22)29)30-27(32)34-25-17-31-13-10-19(25)11-14-31/h5-8,15-16,19,25-26H,4,9-14,17H2,1-3H3,(H,30,32)/t25-,26-/m0/s1. The number of nitrogens with one attached hydrogen (secondary N) is 1. The number of benzene rings is 2. The highest BCUT2D eigenvalue weighted by Crippen LogP contribution is 2.45. The zero-order valence-corrected chi connectivity index (χ0v) is 20.4. The molecule has 0 radical (unpaired) electrons. The van der Waals surface area contributed by atoms with E-state index in [1.54, 1.807) is 6.07 Å². The highest BCUT2D eigenvalue weighted by atomic mass is 19.1. The first-order valence-electron chi connectivity index (χ1n) is 12.6. The molecule has 3 saturated heterocycles. The fourth-order valence-electron chi connectivity index (χ4n) is 5.87. The number of amides is 1. The van der Waals surface area contributed by atoms with Crippen LogP contribution in [-0.4, -0.2) is 43.3 Å². The average molecular weight is 467 g/mol. The number of carbonyl (C=O) groups is 1. The van der Waals surface area contributed by atoms with Crippen molar-refractivity contribution < 1.29 is 18.7 Å². The fraction of sp³-hybridized carbons (Fsp3) is 0.536. The van der Waals surface area contributed by atoms with E-state index in [1.807, 2.05) is 37.3 Å². The Morgan fingerprint density at radius 3 is 2.56 bits per heavy atom. The van der Waals surface area contributed by atoms with E-state index >= 15 is 4.39 Å². The summed E-state index contributed by atoms with van der Waals surface area (Å²) < 4.78 is 26.8. The minimum Gasteiger partial charge on any atom is -0.494 e. The summed E-state index contributed by atoms with van der Waals surface area (Å²) in [5, 5.41) is 3.12. The molecule has 1 amide bonds. The highest BCUT2D eigenvalue weighted by Gasteiger charge is 2.40. The van der Waals surface area contributed by atoms with Gasteiger partial charge in [0.1, 0.15) is 17.7 Å². The van der Waals surface area contributed by atoms with E-state index in [-0.39, 0.29) is 29.5 Å². The molecule has 2 atom stereocenters. The molecule has 182 valence electrons. The third-order valence-electron chi connectivity index (χ3n) is 7.95. The van der Waals surface area contributed by atoms with Gasteiger partial charge >= 0.3 is 6.09 Å². The van der Waals surface area contributed by atoms with E-state index in [2.05, 4.69) is 24.1 Å². The molecule has 2 aromatic carbocycles. The number of hydrogen-bond donors (Lipinski definition) is 1. The van der Waals surface area contributed by atoms with Gasteiger partial charge in [0, 0.05) is 12.1 Å². The second kappa shape index (κ2) is 9.21. The first-order valence-corrected chi connectivity index (χ1v) is 12.6. The molecule has 1 N–H and O–H groups in total. The molecular weight excluding hydrogens is 431 g/mol. The summed E-state index contributed by atoms with van der Waals surface area (Å²) in [4.78, 5) is 15.3. The van der Waals surface area contributed by atoms with Crippen LogP contribution in [0.3, 0.4) is 0 Å². The second-order valence-corrected chi connectivity index (χ2v) is 10.6. The van der Waals surface area contributed by atoms with Gasteiger partial charge in [0.15, 0.2) is 0 Å². The lowest BCUT2D eigenvalue weighted by Gasteiger charge is -2.44. The van der Waals surface area contributed by atoms with Gasteiger partial charge in [-0.15, -0.1) is 0 Å². The Hall–Kier alpha value is -2.60. The Morgan fingerprint density at radius 2 is 1.91 bits per heavy atom. The summed E-state index contributed by atoms with van der Waals surface area (Å²) in [6.45, 7) is 9.83. The lowest BCUT2D eigenvalue weighted by atomic mass is 9.70. The predicted molar refractivity (Wildman–Crippen MR) is 130 cm³/mol. The number of piperidine rings is 3. The first-order chi connectivity index (χ1) is 16.3. The third-order valence-corrected chi connectivity index (χ3v) is 7.95. The lowest BCUT2D eigenvalue weighted by molar-refractivity contribution is -0.0353. The van der Waals surface area contributed by atoms with Crippen molar-refractivity contribution in [1.29, 1.82) is 0 Å². The van der Waals surface area contributed by atoms with Crippen LogP contribution in [0.4, 0.5) is 9.18 Å². The van der Waals surface area contributed by atoms with E-state index in [9.17, 15) is 4.79 Å². The van der Waals surface area contributed by atoms with Gasteiger partial charge in [-0.25, -0.2) is 9.18 Å². The van der Waals surface area contributed by atoms with Crippen molar-refractivity contribution in [3.05, 3.63) is 53.3 Å². The molecule has 0 spiro atoms. The van der Waals surface area contributed by atoms with Crippen molar-refractivity contribution in [3.63, 3.8) is 0 Å². The maximum Gasteiger partial charge on any atom is 0.407 e. The summed E-state index contributed by atoms with van der Waals surface area (Å²) in [5.74, 6) is 0.951. The van der Waals surface area contributed by atoms with Crippen LogP contribution in [0, 0.1) is 17.2 Å². The molecule has 4 aliphatic rings. The van der Waals surface area contributed by atoms with E-state index in [1.165, 1.54) is 0 Å². The molecule has 6 heteroatoms. The molecule has 3 heterocycles. The van der Waals surface area contributed by atoms with Gasteiger partial charge in [-0.3, -0.25) is 4.90 Å². The van der Waals surface area contributed by atoms with Crippen molar-refractivity contribution in [3.8, 4) is 16.9 Å². The molecule has 0 aromatic heterocycles. The van der Waals surface area contributed by atoms with Crippen LogP contribution in [-0.2, 0) is 11.2 Å². The Labute approximate surface area is 201 Å². The van der Waals surface area contributed by atoms with Gasteiger partial charge in [-0.1, -0.05) is 26.0 Å². The number of rotatable bonds is 5. The Morgan fingerprint density at radius 1 is 1.18 bits per heavy atom. The molecule has 6 rings (SSSR count). The van der Waals surface area contributed by atoms with Crippen molar-refractivity contribution >= 4 is 6.09 Å². The Kier molecular flexibility index (Phi) is 6.28. The summed E-state index contributed by atoms with van der Waals surface area (Å²) in [7, 11) is 0. The number of fused-ring (bicyclic) bond motifs is 4. The SMILES string of the molecule is CCOc1ccc(-c2cc3c(cc2F)[C@H](NC(=O)O[C@H]2CN4CCC2CC4)C(C)(C)CC3)cc1. The van der Waals surface area contributed by atoms with Gasteiger partial charge in [0.25, 0.3) is 0 Å². The van der Waals surface area contributed by atoms with Crippen LogP contribution in [0.25, 0.3) is 11.1 Å². The zero-order chi connectivity index (χ0) is 23.9. The van der Waals surface area contributed by atoms with Crippen LogP contribution in [0.15, 0.2) is 36.4 Å². The molecule has 34 heavy (non-hydrogen) atoms. The molecule has 0 saturated carbocycles. The number of carbonyl (C=O) groups excluding carboxylic acids is 1. The van der Waals surface area contributed by atoms with Crippen LogP contribution >= 0.6 is 0 Å². The normalized spacial score (nSPS) is 27.1. The minimum absolute atomic E-state index is 0.0487. The molecule has 3 aliphatic heterocycles. The number of aryl methyl sites for hydroxylation is 1. The Balaban J connectivity index is 1.36. The van der Waals surface area contributed by atoms with E-state index in [4.69, 9.17) is 9.47 Å². The maximum absolute atomic E-state index is 15.4. The van der Waals surface area contributed by atoms with Crippen LogP contribution in [0.1, 0.15) is 57.2 Å². The minimum atomic E-state index is -0.388. The lowest BCUT2D eigenvalue weighted by Crippen LogP contribution is -2.53. The molecule has 3 fully saturated rings. The number of halogens is 1. The van der Waals surface area contributed by atoms with Crippen molar-refractivity contribution in [2.45, 2.75) is 58.6 Å². The smallest absolute Gasteiger partial charge is 0.407 e. The van der Waals surface area contributed by atoms with Crippen molar-refractivity contribution in [2.75, 3.05) is 26.2 Å². The predicted octanol–water partition coefficient (Wildman–Crippen LogP) is 5.73. The monoisotopic (exact) mass is 466 g/mol. The molecule has 2 aromatic rings. The summed E-state index contributed by atoms with van der Waals surface area (Å²) >= 11 is 0. The molecule has 5 nitrogen and oxygen atoms in total.